The molecule has 1 aliphatic rings. The minimum atomic E-state index is 0.0905. The molecule has 0 spiro atoms. The van der Waals surface area contributed by atoms with Crippen molar-refractivity contribution in [2.24, 2.45) is 0 Å². The van der Waals surface area contributed by atoms with Gasteiger partial charge in [0.2, 0.25) is 0 Å². The summed E-state index contributed by atoms with van der Waals surface area (Å²) >= 11 is 0. The molecule has 1 aromatic carbocycles. The molecule has 1 fully saturated rings. The second-order valence-corrected chi connectivity index (χ2v) is 6.70. The zero-order chi connectivity index (χ0) is 17.9. The van der Waals surface area contributed by atoms with E-state index < -0.39 is 0 Å². The van der Waals surface area contributed by atoms with Gasteiger partial charge in [0.1, 0.15) is 0 Å². The van der Waals surface area contributed by atoms with Crippen LogP contribution in [0.25, 0.3) is 22.3 Å². The molecule has 1 amide bonds. The fourth-order valence-electron chi connectivity index (χ4n) is 3.35. The number of piperidine rings is 1. The first-order valence-electron chi connectivity index (χ1n) is 9.26. The lowest BCUT2D eigenvalue weighted by atomic mass is 10.1. The Morgan fingerprint density at radius 1 is 1.00 bits per heavy atom. The highest BCUT2D eigenvalue weighted by molar-refractivity contribution is 5.97. The van der Waals surface area contributed by atoms with Gasteiger partial charge >= 0.3 is 0 Å². The lowest BCUT2D eigenvalue weighted by Crippen LogP contribution is -2.35. The van der Waals surface area contributed by atoms with Crippen LogP contribution in [0.1, 0.15) is 42.2 Å². The van der Waals surface area contributed by atoms with E-state index in [1.807, 2.05) is 41.4 Å². The lowest BCUT2D eigenvalue weighted by Gasteiger charge is -2.26. The Balaban J connectivity index is 1.66. The molecular formula is C21H22N4O. The average Bonchev–Trinajstić information content (AvgIpc) is 2.73. The maximum absolute atomic E-state index is 12.7. The highest BCUT2D eigenvalue weighted by atomic mass is 16.2. The summed E-state index contributed by atoms with van der Waals surface area (Å²) in [4.78, 5) is 28.3. The number of nitrogens with zero attached hydrogens (tertiary/aromatic N) is 4. The summed E-state index contributed by atoms with van der Waals surface area (Å²) in [6, 6.07) is 9.62. The van der Waals surface area contributed by atoms with Gasteiger partial charge in [-0.1, -0.05) is 6.92 Å². The third-order valence-corrected chi connectivity index (χ3v) is 4.92. The monoisotopic (exact) mass is 346 g/mol. The van der Waals surface area contributed by atoms with E-state index in [-0.39, 0.29) is 5.91 Å². The van der Waals surface area contributed by atoms with Crippen molar-refractivity contribution in [3.05, 3.63) is 54.0 Å². The fourth-order valence-corrected chi connectivity index (χ4v) is 3.35. The highest BCUT2D eigenvalue weighted by Gasteiger charge is 2.18. The smallest absolute Gasteiger partial charge is 0.253 e. The van der Waals surface area contributed by atoms with Crippen LogP contribution in [0.2, 0.25) is 0 Å². The molecule has 0 saturated carbocycles. The molecule has 1 aliphatic heterocycles. The van der Waals surface area contributed by atoms with Gasteiger partial charge in [-0.3, -0.25) is 14.8 Å². The predicted octanol–water partition coefficient (Wildman–Crippen LogP) is 3.88. The van der Waals surface area contributed by atoms with E-state index in [1.165, 1.54) is 6.42 Å². The molecule has 0 N–H and O–H groups in total. The van der Waals surface area contributed by atoms with Gasteiger partial charge < -0.3 is 4.90 Å². The predicted molar refractivity (Wildman–Crippen MR) is 102 cm³/mol. The summed E-state index contributed by atoms with van der Waals surface area (Å²) in [7, 11) is 0. The summed E-state index contributed by atoms with van der Waals surface area (Å²) in [6.07, 6.45) is 7.88. The van der Waals surface area contributed by atoms with Crippen molar-refractivity contribution in [1.82, 2.24) is 19.9 Å². The molecule has 0 bridgehead atoms. The number of benzene rings is 1. The molecule has 2 aromatic heterocycles. The number of aromatic nitrogens is 3. The molecular weight excluding hydrogens is 324 g/mol. The first kappa shape index (κ1) is 16.6. The molecule has 1 saturated heterocycles. The van der Waals surface area contributed by atoms with Gasteiger partial charge in [0.25, 0.3) is 5.91 Å². The van der Waals surface area contributed by atoms with Crippen molar-refractivity contribution in [1.29, 1.82) is 0 Å². The van der Waals surface area contributed by atoms with Crippen molar-refractivity contribution in [2.45, 2.75) is 32.6 Å². The van der Waals surface area contributed by atoms with E-state index in [2.05, 4.69) is 16.9 Å². The van der Waals surface area contributed by atoms with Crippen LogP contribution in [0.5, 0.6) is 0 Å². The van der Waals surface area contributed by atoms with Crippen LogP contribution in [0.4, 0.5) is 0 Å². The van der Waals surface area contributed by atoms with Crippen LogP contribution in [-0.4, -0.2) is 38.8 Å². The molecule has 3 aromatic rings. The highest BCUT2D eigenvalue weighted by Crippen LogP contribution is 2.21. The van der Waals surface area contributed by atoms with Crippen LogP contribution in [0.15, 0.2) is 42.7 Å². The quantitative estimate of drug-likeness (QED) is 0.722. The number of pyridine rings is 1. The number of hydrogen-bond acceptors (Lipinski definition) is 4. The molecule has 0 radical (unpaired) electrons. The first-order chi connectivity index (χ1) is 12.7. The number of rotatable bonds is 3. The lowest BCUT2D eigenvalue weighted by molar-refractivity contribution is 0.0724. The number of likely N-dealkylation sites (tertiary alicyclic amines) is 1. The second-order valence-electron chi connectivity index (χ2n) is 6.70. The molecule has 0 aliphatic carbocycles. The van der Waals surface area contributed by atoms with Crippen molar-refractivity contribution in [3.8, 4) is 11.3 Å². The van der Waals surface area contributed by atoms with Crippen LogP contribution >= 0.6 is 0 Å². The molecule has 26 heavy (non-hydrogen) atoms. The van der Waals surface area contributed by atoms with Crippen LogP contribution in [0, 0.1) is 0 Å². The molecule has 4 rings (SSSR count). The van der Waals surface area contributed by atoms with Gasteiger partial charge in [-0.2, -0.15) is 0 Å². The maximum Gasteiger partial charge on any atom is 0.253 e. The molecule has 5 nitrogen and oxygen atoms in total. The maximum atomic E-state index is 12.7. The van der Waals surface area contributed by atoms with Gasteiger partial charge in [-0.05, 0) is 56.0 Å². The number of carbonyl (C=O) groups is 1. The van der Waals surface area contributed by atoms with E-state index in [0.29, 0.717) is 5.56 Å². The normalized spacial score (nSPS) is 14.6. The topological polar surface area (TPSA) is 59.0 Å². The van der Waals surface area contributed by atoms with E-state index >= 15 is 0 Å². The van der Waals surface area contributed by atoms with Crippen LogP contribution in [-0.2, 0) is 6.42 Å². The van der Waals surface area contributed by atoms with E-state index in [9.17, 15) is 4.79 Å². The third-order valence-electron chi connectivity index (χ3n) is 4.92. The minimum Gasteiger partial charge on any atom is -0.339 e. The third kappa shape index (κ3) is 3.29. The van der Waals surface area contributed by atoms with Gasteiger partial charge in [-0.15, -0.1) is 0 Å². The number of aryl methyl sites for hydroxylation is 1. The van der Waals surface area contributed by atoms with E-state index in [0.717, 1.165) is 60.3 Å². The number of amides is 1. The van der Waals surface area contributed by atoms with Crippen LogP contribution < -0.4 is 0 Å². The summed E-state index contributed by atoms with van der Waals surface area (Å²) in [5.41, 5.74) is 4.98. The molecule has 0 unspecified atom stereocenters. The molecule has 5 heteroatoms. The Morgan fingerprint density at radius 2 is 1.85 bits per heavy atom. The summed E-state index contributed by atoms with van der Waals surface area (Å²) in [5.74, 6) is 0.0905. The Kier molecular flexibility index (Phi) is 4.61. The van der Waals surface area contributed by atoms with E-state index in [1.54, 1.807) is 6.20 Å². The number of fused-ring (bicyclic) bond motifs is 1. The summed E-state index contributed by atoms with van der Waals surface area (Å²) in [6.45, 7) is 3.77. The van der Waals surface area contributed by atoms with Crippen LogP contribution in [0.3, 0.4) is 0 Å². The Labute approximate surface area is 153 Å². The van der Waals surface area contributed by atoms with Gasteiger partial charge in [0.15, 0.2) is 0 Å². The fraction of sp³-hybridized carbons (Fsp3) is 0.333. The zero-order valence-electron chi connectivity index (χ0n) is 15.0. The van der Waals surface area contributed by atoms with Crippen molar-refractivity contribution in [3.63, 3.8) is 0 Å². The SMILES string of the molecule is CCc1ccc(-c2cnc3ccc(C(=O)N4CCCCC4)cc3n2)cn1. The van der Waals surface area contributed by atoms with Gasteiger partial charge in [0, 0.05) is 36.1 Å². The molecule has 0 atom stereocenters. The number of hydrogen-bond donors (Lipinski definition) is 0. The van der Waals surface area contributed by atoms with Crippen molar-refractivity contribution < 1.29 is 4.79 Å². The Morgan fingerprint density at radius 3 is 2.58 bits per heavy atom. The Bertz CT molecular complexity index is 930. The summed E-state index contributed by atoms with van der Waals surface area (Å²) in [5, 5.41) is 0. The molecule has 132 valence electrons. The summed E-state index contributed by atoms with van der Waals surface area (Å²) < 4.78 is 0. The minimum absolute atomic E-state index is 0.0905. The number of carbonyl (C=O) groups excluding carboxylic acids is 1. The van der Waals surface area contributed by atoms with E-state index in [4.69, 9.17) is 4.98 Å². The van der Waals surface area contributed by atoms with Gasteiger partial charge in [0.05, 0.1) is 22.9 Å². The largest absolute Gasteiger partial charge is 0.339 e. The second kappa shape index (κ2) is 7.20. The standard InChI is InChI=1S/C21H22N4O/c1-2-17-8-6-16(13-22-17)20-14-23-18-9-7-15(12-19(18)24-20)21(26)25-10-4-3-5-11-25/h6-9,12-14H,2-5,10-11H2,1H3. The first-order valence-corrected chi connectivity index (χ1v) is 9.26. The molecule has 3 heterocycles. The zero-order valence-corrected chi connectivity index (χ0v) is 15.0. The van der Waals surface area contributed by atoms with Crippen molar-refractivity contribution in [2.75, 3.05) is 13.1 Å². The van der Waals surface area contributed by atoms with Crippen molar-refractivity contribution >= 4 is 16.9 Å². The van der Waals surface area contributed by atoms with Gasteiger partial charge in [-0.25, -0.2) is 4.98 Å². The average molecular weight is 346 g/mol. The Hall–Kier alpha value is -2.82.